The third kappa shape index (κ3) is 3.91. The minimum absolute atomic E-state index is 0.143. The molecule has 1 saturated carbocycles. The van der Waals surface area contributed by atoms with E-state index >= 15 is 0 Å². The molecule has 0 atom stereocenters. The van der Waals surface area contributed by atoms with Crippen LogP contribution in [0.15, 0.2) is 23.9 Å². The highest BCUT2D eigenvalue weighted by atomic mass is 19.4. The van der Waals surface area contributed by atoms with Crippen LogP contribution in [0.3, 0.4) is 0 Å². The van der Waals surface area contributed by atoms with Gasteiger partial charge in [0.05, 0.1) is 0 Å². The van der Waals surface area contributed by atoms with Gasteiger partial charge in [-0.15, -0.1) is 0 Å². The molecule has 0 saturated heterocycles. The van der Waals surface area contributed by atoms with Crippen molar-refractivity contribution in [1.29, 1.82) is 5.41 Å². The fraction of sp³-hybridized carbons (Fsp3) is 0.583. The average Bonchev–Trinajstić information content (AvgIpc) is 2.29. The number of halogens is 3. The van der Waals surface area contributed by atoms with Gasteiger partial charge in [0.2, 0.25) is 0 Å². The minimum Gasteiger partial charge on any atom is -0.378 e. The van der Waals surface area contributed by atoms with Crippen LogP contribution < -0.4 is 5.32 Å². The summed E-state index contributed by atoms with van der Waals surface area (Å²) in [6.07, 6.45) is 1.79. The van der Waals surface area contributed by atoms with Crippen molar-refractivity contribution in [2.24, 2.45) is 0 Å². The summed E-state index contributed by atoms with van der Waals surface area (Å²) in [5, 5.41) is 9.52. The molecular formula is C12H17F3N2. The molecule has 1 aliphatic rings. The zero-order valence-electron chi connectivity index (χ0n) is 9.61. The van der Waals surface area contributed by atoms with Crippen molar-refractivity contribution in [1.82, 2.24) is 5.32 Å². The van der Waals surface area contributed by atoms with E-state index in [1.807, 2.05) is 0 Å². The Kier molecular flexibility index (Phi) is 4.78. The first-order valence-corrected chi connectivity index (χ1v) is 5.70. The second kappa shape index (κ2) is 5.89. The number of hydrogen-bond donors (Lipinski definition) is 2. The fourth-order valence-corrected chi connectivity index (χ4v) is 2.01. The predicted molar refractivity (Wildman–Crippen MR) is 62.1 cm³/mol. The predicted octanol–water partition coefficient (Wildman–Crippen LogP) is 3.56. The van der Waals surface area contributed by atoms with E-state index in [2.05, 4.69) is 11.9 Å². The van der Waals surface area contributed by atoms with Crippen LogP contribution in [0.5, 0.6) is 0 Å². The molecule has 0 amide bonds. The number of hydrogen-bond acceptors (Lipinski definition) is 2. The van der Waals surface area contributed by atoms with E-state index in [1.165, 1.54) is 0 Å². The van der Waals surface area contributed by atoms with E-state index in [4.69, 9.17) is 5.41 Å². The number of nitrogens with one attached hydrogen (secondary N) is 2. The van der Waals surface area contributed by atoms with Gasteiger partial charge < -0.3 is 10.7 Å². The van der Waals surface area contributed by atoms with Crippen molar-refractivity contribution < 1.29 is 13.2 Å². The summed E-state index contributed by atoms with van der Waals surface area (Å²) < 4.78 is 38.5. The van der Waals surface area contributed by atoms with Crippen LogP contribution in [-0.2, 0) is 0 Å². The Hall–Kier alpha value is -1.26. The van der Waals surface area contributed by atoms with Gasteiger partial charge >= 0.3 is 6.18 Å². The van der Waals surface area contributed by atoms with Crippen LogP contribution >= 0.6 is 0 Å². The zero-order chi connectivity index (χ0) is 12.9. The second-order valence-corrected chi connectivity index (χ2v) is 4.16. The maximum absolute atomic E-state index is 12.8. The molecule has 17 heavy (non-hydrogen) atoms. The van der Waals surface area contributed by atoms with Crippen LogP contribution in [0.1, 0.15) is 32.1 Å². The highest BCUT2D eigenvalue weighted by Crippen LogP contribution is 2.28. The maximum atomic E-state index is 12.8. The maximum Gasteiger partial charge on any atom is 0.431 e. The summed E-state index contributed by atoms with van der Waals surface area (Å²) in [5.41, 5.74) is -1.04. The Morgan fingerprint density at radius 3 is 2.24 bits per heavy atom. The van der Waals surface area contributed by atoms with Gasteiger partial charge in [-0.05, 0) is 12.8 Å². The van der Waals surface area contributed by atoms with Crippen molar-refractivity contribution in [2.75, 3.05) is 0 Å². The Labute approximate surface area is 99.1 Å². The van der Waals surface area contributed by atoms with E-state index in [0.717, 1.165) is 38.2 Å². The number of rotatable bonds is 4. The smallest absolute Gasteiger partial charge is 0.378 e. The lowest BCUT2D eigenvalue weighted by Crippen LogP contribution is -2.37. The number of alkyl halides is 3. The van der Waals surface area contributed by atoms with Crippen molar-refractivity contribution in [3.05, 3.63) is 23.9 Å². The van der Waals surface area contributed by atoms with Gasteiger partial charge in [-0.1, -0.05) is 31.9 Å². The first-order valence-electron chi connectivity index (χ1n) is 5.70. The molecule has 1 rings (SSSR count). The Balaban J connectivity index is 2.87. The van der Waals surface area contributed by atoms with Gasteiger partial charge in [0.15, 0.2) is 0 Å². The topological polar surface area (TPSA) is 35.9 Å². The molecule has 5 heteroatoms. The molecule has 0 heterocycles. The minimum atomic E-state index is -4.46. The Morgan fingerprint density at radius 1 is 1.24 bits per heavy atom. The third-order valence-corrected chi connectivity index (χ3v) is 2.90. The molecule has 0 bridgehead atoms. The van der Waals surface area contributed by atoms with Gasteiger partial charge in [0, 0.05) is 17.8 Å². The fourth-order valence-electron chi connectivity index (χ4n) is 2.01. The molecule has 2 nitrogen and oxygen atoms in total. The lowest BCUT2D eigenvalue weighted by molar-refractivity contribution is -0.0984. The SMILES string of the molecule is C=C/C(C=N)=C(/NC1CCCCC1)C(F)(F)F. The first-order chi connectivity index (χ1) is 7.99. The van der Waals surface area contributed by atoms with E-state index in [9.17, 15) is 13.2 Å². The summed E-state index contributed by atoms with van der Waals surface area (Å²) >= 11 is 0. The molecule has 2 N–H and O–H groups in total. The summed E-state index contributed by atoms with van der Waals surface area (Å²) in [7, 11) is 0. The van der Waals surface area contributed by atoms with Crippen LogP contribution in [0, 0.1) is 5.41 Å². The molecule has 0 aliphatic heterocycles. The third-order valence-electron chi connectivity index (χ3n) is 2.90. The largest absolute Gasteiger partial charge is 0.431 e. The highest BCUT2D eigenvalue weighted by molar-refractivity contribution is 5.81. The summed E-state index contributed by atoms with van der Waals surface area (Å²) in [5.74, 6) is 0. The van der Waals surface area contributed by atoms with Crippen LogP contribution in [0.2, 0.25) is 0 Å². The van der Waals surface area contributed by atoms with Crippen LogP contribution in [0.4, 0.5) is 13.2 Å². The van der Waals surface area contributed by atoms with E-state index in [1.54, 1.807) is 0 Å². The molecular weight excluding hydrogens is 229 g/mol. The van der Waals surface area contributed by atoms with Gasteiger partial charge in [-0.25, -0.2) is 0 Å². The molecule has 1 fully saturated rings. The van der Waals surface area contributed by atoms with Gasteiger partial charge in [-0.2, -0.15) is 13.2 Å². The van der Waals surface area contributed by atoms with Crippen LogP contribution in [0.25, 0.3) is 0 Å². The molecule has 0 unspecified atom stereocenters. The highest BCUT2D eigenvalue weighted by Gasteiger charge is 2.37. The number of allylic oxidation sites excluding steroid dienone is 3. The van der Waals surface area contributed by atoms with Gasteiger partial charge in [0.25, 0.3) is 0 Å². The summed E-state index contributed by atoms with van der Waals surface area (Å²) in [6.45, 7) is 3.31. The Morgan fingerprint density at radius 2 is 1.82 bits per heavy atom. The molecule has 0 aromatic carbocycles. The van der Waals surface area contributed by atoms with Crippen molar-refractivity contribution in [3.63, 3.8) is 0 Å². The van der Waals surface area contributed by atoms with E-state index in [0.29, 0.717) is 6.21 Å². The second-order valence-electron chi connectivity index (χ2n) is 4.16. The van der Waals surface area contributed by atoms with Gasteiger partial charge in [0.1, 0.15) is 5.70 Å². The standard InChI is InChI=1S/C12H17F3N2/c1-2-9(8-16)11(12(13,14)15)17-10-6-4-3-5-7-10/h2,8,10,16-17H,1,3-7H2/b11-9-,16-8?. The normalized spacial score (nSPS) is 19.5. The quantitative estimate of drug-likeness (QED) is 0.577. The van der Waals surface area contributed by atoms with Crippen molar-refractivity contribution >= 4 is 6.21 Å². The van der Waals surface area contributed by atoms with E-state index < -0.39 is 11.9 Å². The molecule has 0 spiro atoms. The van der Waals surface area contributed by atoms with E-state index in [-0.39, 0.29) is 11.6 Å². The summed E-state index contributed by atoms with van der Waals surface area (Å²) in [6, 6.07) is -0.143. The lowest BCUT2D eigenvalue weighted by Gasteiger charge is -2.27. The Bertz CT molecular complexity index is 302. The molecule has 1 aliphatic carbocycles. The van der Waals surface area contributed by atoms with Gasteiger partial charge in [-0.3, -0.25) is 0 Å². The molecule has 0 aromatic rings. The molecule has 96 valence electrons. The lowest BCUT2D eigenvalue weighted by atomic mass is 9.95. The first kappa shape index (κ1) is 13.8. The monoisotopic (exact) mass is 246 g/mol. The molecule has 0 aromatic heterocycles. The summed E-state index contributed by atoms with van der Waals surface area (Å²) in [4.78, 5) is 0. The zero-order valence-corrected chi connectivity index (χ0v) is 9.61. The molecule has 0 radical (unpaired) electrons. The van der Waals surface area contributed by atoms with Crippen LogP contribution in [-0.4, -0.2) is 18.4 Å². The van der Waals surface area contributed by atoms with Crippen molar-refractivity contribution in [3.8, 4) is 0 Å². The van der Waals surface area contributed by atoms with Crippen molar-refractivity contribution in [2.45, 2.75) is 44.3 Å². The average molecular weight is 246 g/mol.